The van der Waals surface area contributed by atoms with Gasteiger partial charge in [0.2, 0.25) is 0 Å². The molecule has 2 saturated heterocycles. The van der Waals surface area contributed by atoms with Crippen molar-refractivity contribution >= 4 is 0 Å². The molecule has 32 heavy (non-hydrogen) atoms. The lowest BCUT2D eigenvalue weighted by Crippen LogP contribution is -2.50. The largest absolute Gasteiger partial charge is 0.369 e. The molecule has 2 aliphatic heterocycles. The standard InChI is InChI=1S/C29H47NO2/c1-17-8-10-28(5)21(12-17)6-7-23-22-9-11-29(15-19(3)24(22)14-25(23)28)20(4)27-26(32-29)13-18(2)16-30(27)31/h17-18,20-23,25-27,31H,6-16H2,1-5H3/t17?,18-,20+,21+,22-,23-,25-,26+,27-,28-,29-/m0/s1. The Balaban J connectivity index is 1.28. The maximum atomic E-state index is 10.8. The monoisotopic (exact) mass is 441 g/mol. The summed E-state index contributed by atoms with van der Waals surface area (Å²) in [5.74, 6) is 5.48. The van der Waals surface area contributed by atoms with E-state index in [0.717, 1.165) is 49.0 Å². The Morgan fingerprint density at radius 3 is 2.62 bits per heavy atom. The number of nitrogens with zero attached hydrogens (tertiary/aromatic N) is 1. The average molecular weight is 442 g/mol. The number of rotatable bonds is 0. The fraction of sp³-hybridized carbons (Fsp3) is 0.931. The van der Waals surface area contributed by atoms with E-state index in [1.54, 1.807) is 10.6 Å². The molecule has 6 aliphatic rings. The minimum absolute atomic E-state index is 0.0569. The zero-order valence-corrected chi connectivity index (χ0v) is 21.3. The molecule has 0 amide bonds. The van der Waals surface area contributed by atoms with Gasteiger partial charge in [-0.05, 0) is 106 Å². The van der Waals surface area contributed by atoms with Crippen LogP contribution >= 0.6 is 0 Å². The van der Waals surface area contributed by atoms with Crippen LogP contribution in [0.3, 0.4) is 0 Å². The fourth-order valence-electron chi connectivity index (χ4n) is 10.2. The van der Waals surface area contributed by atoms with Crippen molar-refractivity contribution in [1.82, 2.24) is 5.06 Å². The van der Waals surface area contributed by atoms with Gasteiger partial charge in [0.25, 0.3) is 0 Å². The topological polar surface area (TPSA) is 32.7 Å². The van der Waals surface area contributed by atoms with Gasteiger partial charge in [-0.15, -0.1) is 0 Å². The van der Waals surface area contributed by atoms with Crippen LogP contribution < -0.4 is 0 Å². The number of allylic oxidation sites excluding steroid dienone is 1. The van der Waals surface area contributed by atoms with Gasteiger partial charge in [-0.25, -0.2) is 0 Å². The number of hydrogen-bond donors (Lipinski definition) is 1. The molecule has 3 nitrogen and oxygen atoms in total. The molecule has 1 N–H and O–H groups in total. The summed E-state index contributed by atoms with van der Waals surface area (Å²) < 4.78 is 6.98. The third-order valence-electron chi connectivity index (χ3n) is 12.0. The van der Waals surface area contributed by atoms with E-state index in [-0.39, 0.29) is 17.7 Å². The molecule has 4 aliphatic carbocycles. The molecule has 1 spiro atoms. The number of hydroxylamine groups is 2. The van der Waals surface area contributed by atoms with Crippen LogP contribution in [0.4, 0.5) is 0 Å². The van der Waals surface area contributed by atoms with Crippen LogP contribution in [-0.2, 0) is 4.74 Å². The van der Waals surface area contributed by atoms with Crippen molar-refractivity contribution in [2.45, 2.75) is 117 Å². The minimum Gasteiger partial charge on any atom is -0.369 e. The van der Waals surface area contributed by atoms with Gasteiger partial charge in [0, 0.05) is 12.5 Å². The van der Waals surface area contributed by atoms with Crippen LogP contribution in [-0.4, -0.2) is 34.6 Å². The highest BCUT2D eigenvalue weighted by Gasteiger charge is 2.60. The number of ether oxygens (including phenoxy) is 1. The molecule has 0 aromatic heterocycles. The molecule has 11 atom stereocenters. The summed E-state index contributed by atoms with van der Waals surface area (Å²) in [6.07, 6.45) is 13.6. The second-order valence-electron chi connectivity index (χ2n) is 13.7. The molecule has 6 rings (SSSR count). The molecule has 0 aromatic rings. The van der Waals surface area contributed by atoms with Crippen molar-refractivity contribution in [3.05, 3.63) is 11.1 Å². The number of piperidine rings is 1. The second kappa shape index (κ2) is 7.56. The first-order chi connectivity index (χ1) is 15.2. The predicted octanol–water partition coefficient (Wildman–Crippen LogP) is 6.85. The van der Waals surface area contributed by atoms with E-state index in [2.05, 4.69) is 34.6 Å². The van der Waals surface area contributed by atoms with E-state index in [0.29, 0.717) is 17.3 Å². The molecule has 180 valence electrons. The lowest BCUT2D eigenvalue weighted by molar-refractivity contribution is -0.178. The third-order valence-corrected chi connectivity index (χ3v) is 12.0. The average Bonchev–Trinajstić information content (AvgIpc) is 3.19. The highest BCUT2D eigenvalue weighted by Crippen LogP contribution is 2.65. The number of fused-ring (bicyclic) bond motifs is 6. The van der Waals surface area contributed by atoms with Gasteiger partial charge in [0.15, 0.2) is 0 Å². The van der Waals surface area contributed by atoms with Crippen LogP contribution in [0.2, 0.25) is 0 Å². The lowest BCUT2D eigenvalue weighted by atomic mass is 9.51. The molecule has 3 saturated carbocycles. The first-order valence-corrected chi connectivity index (χ1v) is 14.0. The van der Waals surface area contributed by atoms with Gasteiger partial charge >= 0.3 is 0 Å². The minimum atomic E-state index is -0.0569. The molecule has 2 heterocycles. The first-order valence-electron chi connectivity index (χ1n) is 14.0. The van der Waals surface area contributed by atoms with Crippen LogP contribution in [0.5, 0.6) is 0 Å². The lowest BCUT2D eigenvalue weighted by Gasteiger charge is -2.54. The summed E-state index contributed by atoms with van der Waals surface area (Å²) in [6.45, 7) is 13.1. The normalized spacial score (nSPS) is 55.9. The SMILES string of the molecule is CC1=C2C[C@H]3[C@@H](CC[C@@H]4CC(C)CC[C@@]43C)[C@@H]2CC[C@@]2(C1)O[C@@H]1C[C@H](C)CN(O)[C@H]1[C@H]2C. The van der Waals surface area contributed by atoms with E-state index >= 15 is 0 Å². The van der Waals surface area contributed by atoms with Crippen molar-refractivity contribution in [3.8, 4) is 0 Å². The van der Waals surface area contributed by atoms with Gasteiger partial charge in [-0.1, -0.05) is 45.3 Å². The zero-order chi connectivity index (χ0) is 22.4. The van der Waals surface area contributed by atoms with E-state index in [1.807, 2.05) is 5.57 Å². The van der Waals surface area contributed by atoms with Crippen LogP contribution in [0.15, 0.2) is 11.1 Å². The first kappa shape index (κ1) is 22.1. The van der Waals surface area contributed by atoms with Crippen LogP contribution in [0, 0.1) is 46.8 Å². The summed E-state index contributed by atoms with van der Waals surface area (Å²) >= 11 is 0. The Labute approximate surface area is 196 Å². The van der Waals surface area contributed by atoms with E-state index in [9.17, 15) is 5.21 Å². The third kappa shape index (κ3) is 3.09. The van der Waals surface area contributed by atoms with Crippen molar-refractivity contribution in [3.63, 3.8) is 0 Å². The molecule has 1 unspecified atom stereocenters. The summed E-state index contributed by atoms with van der Waals surface area (Å²) in [4.78, 5) is 0. The summed E-state index contributed by atoms with van der Waals surface area (Å²) in [6, 6.07) is 0.188. The van der Waals surface area contributed by atoms with Gasteiger partial charge in [0.05, 0.1) is 17.7 Å². The quantitative estimate of drug-likeness (QED) is 0.417. The fourth-order valence-corrected chi connectivity index (χ4v) is 10.2. The molecular weight excluding hydrogens is 394 g/mol. The van der Waals surface area contributed by atoms with Crippen LogP contribution in [0.1, 0.15) is 98.8 Å². The Kier molecular flexibility index (Phi) is 5.22. The van der Waals surface area contributed by atoms with Crippen molar-refractivity contribution in [2.24, 2.45) is 46.8 Å². The maximum absolute atomic E-state index is 10.8. The zero-order valence-electron chi connectivity index (χ0n) is 21.3. The molecule has 0 aromatic carbocycles. The van der Waals surface area contributed by atoms with Crippen molar-refractivity contribution in [1.29, 1.82) is 0 Å². The van der Waals surface area contributed by atoms with Crippen molar-refractivity contribution < 1.29 is 9.94 Å². The Bertz CT molecular complexity index is 792. The highest BCUT2D eigenvalue weighted by molar-refractivity contribution is 5.29. The molecular formula is C29H47NO2. The maximum Gasteiger partial charge on any atom is 0.0768 e. The molecule has 0 bridgehead atoms. The second-order valence-corrected chi connectivity index (χ2v) is 13.7. The van der Waals surface area contributed by atoms with E-state index in [4.69, 9.17) is 4.74 Å². The van der Waals surface area contributed by atoms with Crippen molar-refractivity contribution in [2.75, 3.05) is 6.54 Å². The Hall–Kier alpha value is -0.380. The highest BCUT2D eigenvalue weighted by atomic mass is 16.5. The predicted molar refractivity (Wildman–Crippen MR) is 128 cm³/mol. The smallest absolute Gasteiger partial charge is 0.0768 e. The van der Waals surface area contributed by atoms with Crippen LogP contribution in [0.25, 0.3) is 0 Å². The van der Waals surface area contributed by atoms with Gasteiger partial charge < -0.3 is 9.94 Å². The number of hydrogen-bond acceptors (Lipinski definition) is 3. The molecule has 0 radical (unpaired) electrons. The van der Waals surface area contributed by atoms with Gasteiger partial charge in [0.1, 0.15) is 0 Å². The van der Waals surface area contributed by atoms with Gasteiger partial charge in [-0.2, -0.15) is 5.06 Å². The van der Waals surface area contributed by atoms with Gasteiger partial charge in [-0.3, -0.25) is 0 Å². The van der Waals surface area contributed by atoms with E-state index in [1.165, 1.54) is 51.4 Å². The van der Waals surface area contributed by atoms with E-state index < -0.39 is 0 Å². The summed E-state index contributed by atoms with van der Waals surface area (Å²) in [5.41, 5.74) is 4.04. The molecule has 5 fully saturated rings. The molecule has 3 heteroatoms. The Morgan fingerprint density at radius 2 is 1.81 bits per heavy atom. The Morgan fingerprint density at radius 1 is 1.00 bits per heavy atom. The summed E-state index contributed by atoms with van der Waals surface area (Å²) in [5, 5.41) is 12.4. The summed E-state index contributed by atoms with van der Waals surface area (Å²) in [7, 11) is 0.